The predicted molar refractivity (Wildman–Crippen MR) is 133 cm³/mol. The minimum atomic E-state index is -0.579. The van der Waals surface area contributed by atoms with Gasteiger partial charge in [-0.2, -0.15) is 0 Å². The van der Waals surface area contributed by atoms with Crippen LogP contribution in [0.4, 0.5) is 10.1 Å². The van der Waals surface area contributed by atoms with Crippen molar-refractivity contribution in [3.8, 4) is 0 Å². The van der Waals surface area contributed by atoms with Gasteiger partial charge in [0.2, 0.25) is 5.91 Å². The molecule has 1 aromatic heterocycles. The van der Waals surface area contributed by atoms with E-state index in [4.69, 9.17) is 23.2 Å². The Morgan fingerprint density at radius 3 is 2.76 bits per heavy atom. The second kappa shape index (κ2) is 9.21. The van der Waals surface area contributed by atoms with Crippen LogP contribution < -0.4 is 16.2 Å². The second-order valence-electron chi connectivity index (χ2n) is 9.03. The number of aromatic amines is 1. The van der Waals surface area contributed by atoms with Crippen molar-refractivity contribution in [2.75, 3.05) is 18.4 Å². The van der Waals surface area contributed by atoms with Crippen LogP contribution in [0.5, 0.6) is 0 Å². The van der Waals surface area contributed by atoms with Gasteiger partial charge in [0, 0.05) is 34.9 Å². The van der Waals surface area contributed by atoms with Gasteiger partial charge in [0.05, 0.1) is 23.7 Å². The summed E-state index contributed by atoms with van der Waals surface area (Å²) in [7, 11) is 0. The van der Waals surface area contributed by atoms with Crippen molar-refractivity contribution in [1.29, 1.82) is 0 Å². The number of H-pyrrole nitrogens is 1. The maximum absolute atomic E-state index is 14.7. The lowest BCUT2D eigenvalue weighted by Crippen LogP contribution is -2.42. The van der Waals surface area contributed by atoms with Crippen LogP contribution in [0.1, 0.15) is 42.6 Å². The number of anilines is 1. The Morgan fingerprint density at radius 2 is 2.00 bits per heavy atom. The molecule has 5 rings (SSSR count). The first-order valence-corrected chi connectivity index (χ1v) is 12.2. The summed E-state index contributed by atoms with van der Waals surface area (Å²) >= 11 is 12.5. The number of nitrogens with one attached hydrogen (secondary N) is 3. The standard InChI is InChI=1S/C25H25Cl2FN4O2/c1-13-24-14(6-16(26)9-20(24)27)4-5-32(13)23(33)12-30-22-8-15-7-18(11-29-17-2-3-17)31-25(34)19(15)10-21(22)28/h6-10,13,17,29-30H,2-5,11-12H2,1H3,(H,31,34)/t13-/m0/s1. The second-order valence-corrected chi connectivity index (χ2v) is 9.87. The summed E-state index contributed by atoms with van der Waals surface area (Å²) < 4.78 is 14.7. The zero-order valence-electron chi connectivity index (χ0n) is 18.7. The molecule has 9 heteroatoms. The molecule has 34 heavy (non-hydrogen) atoms. The van der Waals surface area contributed by atoms with Crippen molar-refractivity contribution in [3.05, 3.63) is 73.4 Å². The highest BCUT2D eigenvalue weighted by Crippen LogP contribution is 2.37. The van der Waals surface area contributed by atoms with E-state index in [1.54, 1.807) is 17.0 Å². The molecule has 1 aliphatic carbocycles. The number of carbonyl (C=O) groups excluding carboxylic acids is 1. The molecule has 2 aliphatic rings. The van der Waals surface area contributed by atoms with Crippen LogP contribution in [-0.2, 0) is 17.8 Å². The van der Waals surface area contributed by atoms with E-state index in [0.29, 0.717) is 41.0 Å². The summed E-state index contributed by atoms with van der Waals surface area (Å²) in [6.07, 6.45) is 2.94. The van der Waals surface area contributed by atoms with E-state index >= 15 is 0 Å². The van der Waals surface area contributed by atoms with Gasteiger partial charge in [-0.15, -0.1) is 0 Å². The molecule has 1 fully saturated rings. The molecule has 3 N–H and O–H groups in total. The highest BCUT2D eigenvalue weighted by Gasteiger charge is 2.29. The fourth-order valence-electron chi connectivity index (χ4n) is 4.63. The van der Waals surface area contributed by atoms with Gasteiger partial charge in [-0.05, 0) is 73.0 Å². The van der Waals surface area contributed by atoms with Gasteiger partial charge in [-0.3, -0.25) is 9.59 Å². The van der Waals surface area contributed by atoms with Gasteiger partial charge in [0.1, 0.15) is 5.82 Å². The molecule has 0 bridgehead atoms. The Kier molecular flexibility index (Phi) is 6.27. The fourth-order valence-corrected chi connectivity index (χ4v) is 5.33. The van der Waals surface area contributed by atoms with Crippen LogP contribution in [0, 0.1) is 5.82 Å². The Balaban J connectivity index is 1.32. The first-order chi connectivity index (χ1) is 16.3. The quantitative estimate of drug-likeness (QED) is 0.453. The number of carbonyl (C=O) groups is 1. The molecule has 0 spiro atoms. The lowest BCUT2D eigenvalue weighted by atomic mass is 9.93. The number of fused-ring (bicyclic) bond motifs is 2. The van der Waals surface area contributed by atoms with E-state index in [-0.39, 0.29) is 35.1 Å². The smallest absolute Gasteiger partial charge is 0.256 e. The number of rotatable bonds is 6. The zero-order valence-corrected chi connectivity index (χ0v) is 20.2. The molecule has 3 aromatic rings. The lowest BCUT2D eigenvalue weighted by Gasteiger charge is -2.36. The van der Waals surface area contributed by atoms with Gasteiger partial charge >= 0.3 is 0 Å². The highest BCUT2D eigenvalue weighted by atomic mass is 35.5. The summed E-state index contributed by atoms with van der Waals surface area (Å²) in [5, 5.41) is 8.30. The molecule has 2 aromatic carbocycles. The average molecular weight is 503 g/mol. The summed E-state index contributed by atoms with van der Waals surface area (Å²) in [6, 6.07) is 8.50. The maximum atomic E-state index is 14.7. The molecule has 0 saturated heterocycles. The van der Waals surface area contributed by atoms with Crippen LogP contribution >= 0.6 is 23.2 Å². The Labute approximate surface area is 206 Å². The largest absolute Gasteiger partial charge is 0.374 e. The molecule has 178 valence electrons. The van der Waals surface area contributed by atoms with E-state index in [2.05, 4.69) is 15.6 Å². The minimum Gasteiger partial charge on any atom is -0.374 e. The summed E-state index contributed by atoms with van der Waals surface area (Å²) in [5.41, 5.74) is 2.54. The molecular formula is C25H25Cl2FN4O2. The number of aromatic nitrogens is 1. The number of pyridine rings is 1. The third kappa shape index (κ3) is 4.65. The fraction of sp³-hybridized carbons (Fsp3) is 0.360. The third-order valence-corrected chi connectivity index (χ3v) is 7.11. The Bertz CT molecular complexity index is 1340. The average Bonchev–Trinajstić information content (AvgIpc) is 3.61. The van der Waals surface area contributed by atoms with Crippen molar-refractivity contribution in [2.45, 2.75) is 44.8 Å². The van der Waals surface area contributed by atoms with E-state index in [9.17, 15) is 14.0 Å². The first-order valence-electron chi connectivity index (χ1n) is 11.4. The van der Waals surface area contributed by atoms with Crippen LogP contribution in [0.3, 0.4) is 0 Å². The van der Waals surface area contributed by atoms with Crippen molar-refractivity contribution in [3.63, 3.8) is 0 Å². The van der Waals surface area contributed by atoms with E-state index in [0.717, 1.165) is 29.7 Å². The molecule has 0 radical (unpaired) electrons. The van der Waals surface area contributed by atoms with Gasteiger partial charge in [0.15, 0.2) is 0 Å². The summed E-state index contributed by atoms with van der Waals surface area (Å²) in [4.78, 5) is 30.0. The molecular weight excluding hydrogens is 478 g/mol. The molecule has 0 unspecified atom stereocenters. The molecule has 1 amide bonds. The molecule has 2 heterocycles. The number of nitrogens with zero attached hydrogens (tertiary/aromatic N) is 1. The molecule has 6 nitrogen and oxygen atoms in total. The number of benzene rings is 2. The van der Waals surface area contributed by atoms with Crippen LogP contribution in [0.15, 0.2) is 35.1 Å². The minimum absolute atomic E-state index is 0.0768. The highest BCUT2D eigenvalue weighted by molar-refractivity contribution is 6.35. The number of hydrogen-bond acceptors (Lipinski definition) is 4. The van der Waals surface area contributed by atoms with Crippen LogP contribution in [-0.4, -0.2) is 34.9 Å². The van der Waals surface area contributed by atoms with Crippen molar-refractivity contribution >= 4 is 45.6 Å². The first kappa shape index (κ1) is 23.1. The summed E-state index contributed by atoms with van der Waals surface area (Å²) in [5.74, 6) is -0.742. The third-order valence-electron chi connectivity index (χ3n) is 6.58. The predicted octanol–water partition coefficient (Wildman–Crippen LogP) is 4.78. The monoisotopic (exact) mass is 502 g/mol. The van der Waals surface area contributed by atoms with Gasteiger partial charge in [-0.25, -0.2) is 4.39 Å². The van der Waals surface area contributed by atoms with Crippen LogP contribution in [0.25, 0.3) is 10.8 Å². The Hall–Kier alpha value is -2.61. The lowest BCUT2D eigenvalue weighted by molar-refractivity contribution is -0.131. The molecule has 1 saturated carbocycles. The summed E-state index contributed by atoms with van der Waals surface area (Å²) in [6.45, 7) is 2.93. The maximum Gasteiger partial charge on any atom is 0.256 e. The topological polar surface area (TPSA) is 77.2 Å². The van der Waals surface area contributed by atoms with Crippen molar-refractivity contribution in [1.82, 2.24) is 15.2 Å². The molecule has 1 aliphatic heterocycles. The number of hydrogen-bond donors (Lipinski definition) is 3. The van der Waals surface area contributed by atoms with Crippen molar-refractivity contribution in [2.24, 2.45) is 0 Å². The van der Waals surface area contributed by atoms with Gasteiger partial charge in [-0.1, -0.05) is 23.2 Å². The van der Waals surface area contributed by atoms with E-state index in [1.807, 2.05) is 19.1 Å². The van der Waals surface area contributed by atoms with E-state index < -0.39 is 5.82 Å². The van der Waals surface area contributed by atoms with Gasteiger partial charge < -0.3 is 20.5 Å². The normalized spacial score (nSPS) is 17.6. The molecule has 1 atom stereocenters. The number of amides is 1. The number of halogens is 3. The van der Waals surface area contributed by atoms with Gasteiger partial charge in [0.25, 0.3) is 5.56 Å². The SMILES string of the molecule is C[C@H]1c2c(Cl)cc(Cl)cc2CCN1C(=O)CNc1cc2cc(CNC3CC3)[nH]c(=O)c2cc1F. The zero-order chi connectivity index (χ0) is 24.0. The van der Waals surface area contributed by atoms with Crippen molar-refractivity contribution < 1.29 is 9.18 Å². The van der Waals surface area contributed by atoms with E-state index in [1.165, 1.54) is 6.07 Å². The van der Waals surface area contributed by atoms with Crippen LogP contribution in [0.2, 0.25) is 10.0 Å². The Morgan fingerprint density at radius 1 is 1.21 bits per heavy atom.